The molecule has 0 radical (unpaired) electrons. The van der Waals surface area contributed by atoms with Crippen LogP contribution in [0, 0.1) is 0 Å². The van der Waals surface area contributed by atoms with Crippen molar-refractivity contribution in [1.29, 1.82) is 0 Å². The molecular weight excluding hydrogens is 172 g/mol. The van der Waals surface area contributed by atoms with Crippen molar-refractivity contribution in [3.05, 3.63) is 0 Å². The van der Waals surface area contributed by atoms with Gasteiger partial charge in [-0.3, -0.25) is 0 Å². The topological polar surface area (TPSA) is 70.5 Å². The van der Waals surface area contributed by atoms with Crippen LogP contribution in [0.3, 0.4) is 0 Å². The summed E-state index contributed by atoms with van der Waals surface area (Å²) in [5, 5.41) is 0. The Labute approximate surface area is 68.3 Å². The molecule has 0 aliphatic carbocycles. The molecule has 0 aliphatic rings. The Morgan fingerprint density at radius 2 is 1.30 bits per heavy atom. The zero-order valence-corrected chi connectivity index (χ0v) is 7.25. The van der Waals surface area contributed by atoms with Crippen molar-refractivity contribution >= 4 is 21.6 Å². The van der Waals surface area contributed by atoms with Gasteiger partial charge in [0.1, 0.15) is 0 Å². The number of hydrogen-bond acceptors (Lipinski definition) is 6. The van der Waals surface area contributed by atoms with E-state index in [0.29, 0.717) is 13.2 Å². The lowest BCUT2D eigenvalue weighted by Gasteiger charge is -1.97. The first-order valence-electron chi connectivity index (χ1n) is 2.79. The maximum atomic E-state index is 4.80. The van der Waals surface area contributed by atoms with Gasteiger partial charge >= 0.3 is 0 Å². The average molecular weight is 184 g/mol. The second kappa shape index (κ2) is 9.54. The first-order valence-corrected chi connectivity index (χ1v) is 5.28. The molecule has 4 nitrogen and oxygen atoms in total. The minimum absolute atomic E-state index is 0.584. The van der Waals surface area contributed by atoms with Crippen LogP contribution in [-0.4, -0.2) is 24.7 Å². The second-order valence-corrected chi connectivity index (χ2v) is 4.09. The van der Waals surface area contributed by atoms with Crippen LogP contribution in [0.15, 0.2) is 0 Å². The molecule has 4 N–H and O–H groups in total. The van der Waals surface area contributed by atoms with Crippen molar-refractivity contribution in [2.24, 2.45) is 11.8 Å². The van der Waals surface area contributed by atoms with Crippen LogP contribution in [0.25, 0.3) is 0 Å². The molecule has 0 aromatic rings. The summed E-state index contributed by atoms with van der Waals surface area (Å²) < 4.78 is 0. The fourth-order valence-corrected chi connectivity index (χ4v) is 1.96. The average Bonchev–Trinajstić information content (AvgIpc) is 1.97. The smallest absolute Gasteiger partial charge is 0.0778 e. The minimum atomic E-state index is 0.584. The van der Waals surface area contributed by atoms with E-state index in [9.17, 15) is 0 Å². The molecular formula is C4H12N2O2S2. The molecule has 0 heterocycles. The van der Waals surface area contributed by atoms with E-state index in [0.717, 1.165) is 11.5 Å². The van der Waals surface area contributed by atoms with Gasteiger partial charge in [-0.15, -0.1) is 0 Å². The first kappa shape index (κ1) is 10.5. The van der Waals surface area contributed by atoms with Gasteiger partial charge in [-0.2, -0.15) is 0 Å². The molecule has 0 amide bonds. The Morgan fingerprint density at radius 3 is 1.60 bits per heavy atom. The van der Waals surface area contributed by atoms with E-state index in [-0.39, 0.29) is 0 Å². The molecule has 0 aliphatic heterocycles. The largest absolute Gasteiger partial charge is 0.304 e. The van der Waals surface area contributed by atoms with Gasteiger partial charge in [0, 0.05) is 11.5 Å². The van der Waals surface area contributed by atoms with Gasteiger partial charge in [0.2, 0.25) is 0 Å². The van der Waals surface area contributed by atoms with Gasteiger partial charge < -0.3 is 9.68 Å². The quantitative estimate of drug-likeness (QED) is 0.333. The summed E-state index contributed by atoms with van der Waals surface area (Å²) in [5.41, 5.74) is 0. The van der Waals surface area contributed by atoms with Crippen LogP contribution < -0.4 is 11.8 Å². The fraction of sp³-hybridized carbons (Fsp3) is 1.00. The van der Waals surface area contributed by atoms with Crippen LogP contribution in [0.2, 0.25) is 0 Å². The van der Waals surface area contributed by atoms with Crippen molar-refractivity contribution in [1.82, 2.24) is 0 Å². The van der Waals surface area contributed by atoms with E-state index in [1.54, 1.807) is 21.6 Å². The highest BCUT2D eigenvalue weighted by Crippen LogP contribution is 2.19. The maximum Gasteiger partial charge on any atom is 0.0778 e. The molecule has 0 atom stereocenters. The van der Waals surface area contributed by atoms with Gasteiger partial charge in [-0.25, -0.2) is 11.8 Å². The lowest BCUT2D eigenvalue weighted by Crippen LogP contribution is -2.03. The minimum Gasteiger partial charge on any atom is -0.304 e. The van der Waals surface area contributed by atoms with E-state index >= 15 is 0 Å². The van der Waals surface area contributed by atoms with Crippen molar-refractivity contribution < 1.29 is 9.68 Å². The summed E-state index contributed by atoms with van der Waals surface area (Å²) >= 11 is 0. The van der Waals surface area contributed by atoms with Crippen LogP contribution >= 0.6 is 21.6 Å². The Balaban J connectivity index is 2.65. The summed E-state index contributed by atoms with van der Waals surface area (Å²) in [7, 11) is 3.39. The molecule has 0 spiro atoms. The maximum absolute atomic E-state index is 4.80. The second-order valence-electron chi connectivity index (χ2n) is 1.39. The van der Waals surface area contributed by atoms with Crippen molar-refractivity contribution in [3.8, 4) is 0 Å². The van der Waals surface area contributed by atoms with Crippen molar-refractivity contribution in [3.63, 3.8) is 0 Å². The van der Waals surface area contributed by atoms with Gasteiger partial charge in [-0.1, -0.05) is 21.6 Å². The lowest BCUT2D eigenvalue weighted by molar-refractivity contribution is 0.154. The van der Waals surface area contributed by atoms with E-state index < -0.39 is 0 Å². The third-order valence-electron chi connectivity index (χ3n) is 0.652. The van der Waals surface area contributed by atoms with Crippen LogP contribution in [0.5, 0.6) is 0 Å². The van der Waals surface area contributed by atoms with Crippen LogP contribution in [0.4, 0.5) is 0 Å². The Morgan fingerprint density at radius 1 is 0.900 bits per heavy atom. The molecule has 6 heteroatoms. The van der Waals surface area contributed by atoms with E-state index in [1.807, 2.05) is 0 Å². The standard InChI is InChI=1S/C4H12N2O2S2/c5-7-1-3-9-10-4-2-8-6/h1-6H2. The van der Waals surface area contributed by atoms with E-state index in [2.05, 4.69) is 9.68 Å². The number of hydrogen-bond donors (Lipinski definition) is 2. The van der Waals surface area contributed by atoms with E-state index in [1.165, 1.54) is 0 Å². The zero-order valence-electron chi connectivity index (χ0n) is 5.62. The SMILES string of the molecule is NOCCSSCCON. The highest BCUT2D eigenvalue weighted by atomic mass is 33.1. The van der Waals surface area contributed by atoms with Crippen molar-refractivity contribution in [2.45, 2.75) is 0 Å². The van der Waals surface area contributed by atoms with Crippen LogP contribution in [-0.2, 0) is 9.68 Å². The molecule has 0 saturated heterocycles. The summed E-state index contributed by atoms with van der Waals surface area (Å²) in [6.07, 6.45) is 0. The Bertz CT molecular complexity index is 59.2. The highest BCUT2D eigenvalue weighted by Gasteiger charge is 1.89. The van der Waals surface area contributed by atoms with Gasteiger partial charge in [0.15, 0.2) is 0 Å². The van der Waals surface area contributed by atoms with E-state index in [4.69, 9.17) is 11.8 Å². The zero-order chi connectivity index (χ0) is 7.66. The van der Waals surface area contributed by atoms with Crippen LogP contribution in [0.1, 0.15) is 0 Å². The summed E-state index contributed by atoms with van der Waals surface area (Å²) in [6, 6.07) is 0. The molecule has 0 rings (SSSR count). The number of rotatable bonds is 7. The highest BCUT2D eigenvalue weighted by molar-refractivity contribution is 8.76. The monoisotopic (exact) mass is 184 g/mol. The lowest BCUT2D eigenvalue weighted by atomic mass is 10.9. The molecule has 62 valence electrons. The van der Waals surface area contributed by atoms with Gasteiger partial charge in [0.05, 0.1) is 13.2 Å². The number of nitrogens with two attached hydrogens (primary N) is 2. The molecule has 0 fully saturated rings. The predicted molar refractivity (Wildman–Crippen MR) is 45.2 cm³/mol. The fourth-order valence-electron chi connectivity index (χ4n) is 0.282. The molecule has 0 saturated carbocycles. The summed E-state index contributed by atoms with van der Waals surface area (Å²) in [5.74, 6) is 11.4. The molecule has 0 aromatic carbocycles. The van der Waals surface area contributed by atoms with Crippen molar-refractivity contribution in [2.75, 3.05) is 24.7 Å². The molecule has 0 aromatic heterocycles. The third kappa shape index (κ3) is 8.54. The molecule has 0 unspecified atom stereocenters. The summed E-state index contributed by atoms with van der Waals surface area (Å²) in [4.78, 5) is 8.72. The first-order chi connectivity index (χ1) is 4.91. The molecule has 10 heavy (non-hydrogen) atoms. The third-order valence-corrected chi connectivity index (χ3v) is 2.99. The molecule has 0 bridgehead atoms. The Kier molecular flexibility index (Phi) is 10.1. The Hall–Kier alpha value is 0.540. The summed E-state index contributed by atoms with van der Waals surface area (Å²) in [6.45, 7) is 1.17. The van der Waals surface area contributed by atoms with Gasteiger partial charge in [-0.05, 0) is 0 Å². The predicted octanol–water partition coefficient (Wildman–Crippen LogP) is 0.148. The van der Waals surface area contributed by atoms with Gasteiger partial charge in [0.25, 0.3) is 0 Å². The normalized spacial score (nSPS) is 10.2.